The maximum Gasteiger partial charge on any atom is 0.698 e. The van der Waals surface area contributed by atoms with E-state index in [1.165, 1.54) is 24.0 Å². The third-order valence-electron chi connectivity index (χ3n) is 14.6. The van der Waals surface area contributed by atoms with Gasteiger partial charge in [0.1, 0.15) is 47.5 Å². The van der Waals surface area contributed by atoms with Gasteiger partial charge < -0.3 is 60.1 Å². The molecule has 28 heteroatoms. The van der Waals surface area contributed by atoms with E-state index >= 15 is 0 Å². The molecule has 0 atom stereocenters. The molecule has 4 N–H and O–H groups in total. The molecule has 0 bridgehead atoms. The van der Waals surface area contributed by atoms with Crippen LogP contribution in [-0.4, -0.2) is 146 Å². The molecule has 2 amide bonds. The number of hydrogen-bond donors (Lipinski definition) is 4. The number of nitrogens with one attached hydrogen (secondary N) is 4. The summed E-state index contributed by atoms with van der Waals surface area (Å²) in [5, 5.41) is 11.4. The fourth-order valence-electron chi connectivity index (χ4n) is 10.1. The van der Waals surface area contributed by atoms with Crippen LogP contribution in [0, 0.1) is 0 Å². The number of hydrogen-bond acceptors (Lipinski definition) is 19. The topological polar surface area (TPSA) is 207 Å². The minimum absolute atomic E-state index is 0.168. The Morgan fingerprint density at radius 3 is 1.28 bits per heavy atom. The number of carbonyl (C=O) groups is 2. The third-order valence-corrected chi connectivity index (χ3v) is 15.2. The highest BCUT2D eigenvalue weighted by Gasteiger charge is 2.40. The molecule has 4 aliphatic rings. The SMILES string of the molecule is COc1cc(CO[P+](=O)OCc2ccc(Nc3ncc(C(F)(F)F)c(Nc4ccc(N5CCN(C)CC5)c5c4C(=O)N(C)C5)n3)c(OC)c2)ccc1Nc1ncc(C(F)(F)F)c(Nc2ccc(N3CCN(C)CC3)c3c2C(=O)N(C)C3)n1. The highest BCUT2D eigenvalue weighted by Crippen LogP contribution is 2.44. The van der Waals surface area contributed by atoms with E-state index in [0.717, 1.165) is 63.7 Å². The van der Waals surface area contributed by atoms with Crippen LogP contribution in [0.15, 0.2) is 73.1 Å². The van der Waals surface area contributed by atoms with Gasteiger partial charge in [-0.1, -0.05) is 12.1 Å². The minimum Gasteiger partial charge on any atom is -0.495 e. The zero-order valence-electron chi connectivity index (χ0n) is 45.5. The summed E-state index contributed by atoms with van der Waals surface area (Å²) in [4.78, 5) is 55.1. The lowest BCUT2D eigenvalue weighted by Gasteiger charge is -2.35. The van der Waals surface area contributed by atoms with E-state index in [1.54, 1.807) is 62.6 Å². The zero-order chi connectivity index (χ0) is 58.2. The standard InChI is InChI=1S/C54H57F6N14O7P/c1-69-15-19-73(20-16-69)41-13-11-39(45-33(41)27-71(3)49(45)75)63-47-35(53(55,56)57)25-61-51(67-47)65-37-9-7-31(23-43(37)78-5)29-80-82(77)81-30-32-8-10-38(44(24-32)79-6)66-52-62-26-36(54(58,59)60)48(68-52)64-40-12-14-42(74-21-17-70(2)18-22-74)34-28-72(4)50(76)46(34)40/h7-14,23-26H,15-22,27-30H2,1-6H3,(H3-,61,62,63,64,65,66,67,68,75,76)/p+1. The number of likely N-dealkylation sites (N-methyl/N-ethyl adjacent to an activating group) is 2. The van der Waals surface area contributed by atoms with Gasteiger partial charge in [0.25, 0.3) is 11.8 Å². The number of piperazine rings is 2. The van der Waals surface area contributed by atoms with E-state index in [2.05, 4.69) is 60.8 Å². The van der Waals surface area contributed by atoms with Gasteiger partial charge in [-0.15, -0.1) is 9.05 Å². The van der Waals surface area contributed by atoms with Crippen molar-refractivity contribution < 1.29 is 59.0 Å². The van der Waals surface area contributed by atoms with Crippen molar-refractivity contribution in [2.24, 2.45) is 0 Å². The first-order chi connectivity index (χ1) is 39.1. The number of benzene rings is 4. The van der Waals surface area contributed by atoms with Crippen molar-refractivity contribution in [3.8, 4) is 11.5 Å². The number of methoxy groups -OCH3 is 2. The van der Waals surface area contributed by atoms with Gasteiger partial charge in [-0.3, -0.25) is 9.59 Å². The van der Waals surface area contributed by atoms with Crippen molar-refractivity contribution in [1.82, 2.24) is 39.5 Å². The number of ether oxygens (including phenoxy) is 2. The summed E-state index contributed by atoms with van der Waals surface area (Å²) >= 11 is 0. The average Bonchev–Trinajstić information content (AvgIpc) is 3.34. The molecule has 10 rings (SSSR count). The van der Waals surface area contributed by atoms with Crippen LogP contribution >= 0.6 is 8.25 Å². The normalized spacial score (nSPS) is 15.9. The lowest BCUT2D eigenvalue weighted by atomic mass is 10.0. The molecule has 432 valence electrons. The molecule has 0 saturated carbocycles. The molecule has 4 aromatic carbocycles. The second kappa shape index (κ2) is 23.4. The summed E-state index contributed by atoms with van der Waals surface area (Å²) in [6, 6.07) is 16.2. The van der Waals surface area contributed by atoms with E-state index in [4.69, 9.17) is 18.5 Å². The van der Waals surface area contributed by atoms with Crippen LogP contribution in [-0.2, 0) is 52.3 Å². The van der Waals surface area contributed by atoms with Gasteiger partial charge in [-0.05, 0) is 73.8 Å². The number of rotatable bonds is 18. The molecule has 0 radical (unpaired) electrons. The Bertz CT molecular complexity index is 3210. The van der Waals surface area contributed by atoms with Crippen LogP contribution in [0.3, 0.4) is 0 Å². The molecule has 2 aromatic heterocycles. The van der Waals surface area contributed by atoms with E-state index in [9.17, 15) is 40.5 Å². The number of alkyl halides is 6. The molecular formula is C54H58F6N14O7P+. The average molecular weight is 1160 g/mol. The summed E-state index contributed by atoms with van der Waals surface area (Å²) in [7, 11) is 7.37. The zero-order valence-corrected chi connectivity index (χ0v) is 46.4. The van der Waals surface area contributed by atoms with Crippen LogP contribution < -0.4 is 40.5 Å². The Labute approximate surface area is 468 Å². The van der Waals surface area contributed by atoms with Gasteiger partial charge in [0.15, 0.2) is 0 Å². The molecule has 0 spiro atoms. The summed E-state index contributed by atoms with van der Waals surface area (Å²) in [6.07, 6.45) is -8.41. The van der Waals surface area contributed by atoms with Gasteiger partial charge in [0, 0.05) is 119 Å². The van der Waals surface area contributed by atoms with Gasteiger partial charge in [0.05, 0.1) is 48.1 Å². The molecule has 0 unspecified atom stereocenters. The van der Waals surface area contributed by atoms with Gasteiger partial charge in [-0.25, -0.2) is 9.97 Å². The van der Waals surface area contributed by atoms with Crippen molar-refractivity contribution in [2.45, 2.75) is 38.7 Å². The predicted molar refractivity (Wildman–Crippen MR) is 294 cm³/mol. The number of aromatic nitrogens is 4. The Balaban J connectivity index is 0.777. The first kappa shape index (κ1) is 57.1. The minimum atomic E-state index is -4.85. The summed E-state index contributed by atoms with van der Waals surface area (Å²) < 4.78 is 122. The highest BCUT2D eigenvalue weighted by atomic mass is 31.1. The first-order valence-corrected chi connectivity index (χ1v) is 27.0. The molecule has 6 aromatic rings. The maximum absolute atomic E-state index is 14.4. The number of nitrogens with zero attached hydrogens (tertiary/aromatic N) is 10. The van der Waals surface area contributed by atoms with Crippen molar-refractivity contribution in [3.05, 3.63) is 118 Å². The first-order valence-electron chi connectivity index (χ1n) is 25.9. The second-order valence-corrected chi connectivity index (χ2v) is 21.1. The summed E-state index contributed by atoms with van der Waals surface area (Å²) in [5.41, 5.74) is 3.24. The number of anilines is 10. The van der Waals surface area contributed by atoms with E-state index in [0.29, 0.717) is 47.7 Å². The quantitative estimate of drug-likeness (QED) is 0.0467. The third kappa shape index (κ3) is 12.2. The molecule has 2 saturated heterocycles. The van der Waals surface area contributed by atoms with Crippen LogP contribution in [0.25, 0.3) is 0 Å². The van der Waals surface area contributed by atoms with Crippen LogP contribution in [0.4, 0.5) is 84.0 Å². The fourth-order valence-corrected chi connectivity index (χ4v) is 10.7. The van der Waals surface area contributed by atoms with Gasteiger partial charge in [-0.2, -0.15) is 36.3 Å². The van der Waals surface area contributed by atoms with Gasteiger partial charge in [0.2, 0.25) is 11.9 Å². The maximum atomic E-state index is 14.4. The molecule has 0 aliphatic carbocycles. The van der Waals surface area contributed by atoms with Crippen molar-refractivity contribution >= 4 is 77.7 Å². The number of amides is 2. The van der Waals surface area contributed by atoms with Crippen LogP contribution in [0.2, 0.25) is 0 Å². The molecule has 21 nitrogen and oxygen atoms in total. The smallest absolute Gasteiger partial charge is 0.495 e. The molecule has 2 fully saturated rings. The highest BCUT2D eigenvalue weighted by molar-refractivity contribution is 7.33. The molecule has 82 heavy (non-hydrogen) atoms. The van der Waals surface area contributed by atoms with Crippen molar-refractivity contribution in [1.29, 1.82) is 0 Å². The Morgan fingerprint density at radius 1 is 0.537 bits per heavy atom. The number of carbonyl (C=O) groups excluding carboxylic acids is 2. The molecular weight excluding hydrogens is 1100 g/mol. The number of fused-ring (bicyclic) bond motifs is 2. The summed E-state index contributed by atoms with van der Waals surface area (Å²) in [6.45, 7) is 6.37. The Hall–Kier alpha value is -8.10. The molecule has 4 aliphatic heterocycles. The van der Waals surface area contributed by atoms with Gasteiger partial charge >= 0.3 is 20.6 Å². The lowest BCUT2D eigenvalue weighted by Crippen LogP contribution is -2.44. The van der Waals surface area contributed by atoms with E-state index in [1.807, 2.05) is 26.2 Å². The number of halogens is 6. The summed E-state index contributed by atoms with van der Waals surface area (Å²) in [5.74, 6) is -1.82. The monoisotopic (exact) mass is 1160 g/mol. The van der Waals surface area contributed by atoms with Crippen molar-refractivity contribution in [3.63, 3.8) is 0 Å². The second-order valence-electron chi connectivity index (χ2n) is 20.1. The Kier molecular flexibility index (Phi) is 16.3. The Morgan fingerprint density at radius 2 is 0.915 bits per heavy atom. The van der Waals surface area contributed by atoms with Crippen LogP contribution in [0.5, 0.6) is 11.5 Å². The van der Waals surface area contributed by atoms with Crippen molar-refractivity contribution in [2.75, 3.05) is 126 Å². The molecule has 6 heterocycles. The van der Waals surface area contributed by atoms with E-state index in [-0.39, 0.29) is 82.3 Å². The largest absolute Gasteiger partial charge is 0.698 e. The lowest BCUT2D eigenvalue weighted by molar-refractivity contribution is -0.138. The van der Waals surface area contributed by atoms with E-state index < -0.39 is 43.4 Å². The van der Waals surface area contributed by atoms with Crippen LogP contribution in [0.1, 0.15) is 54.1 Å². The predicted octanol–water partition coefficient (Wildman–Crippen LogP) is 9.36. The fraction of sp³-hybridized carbons (Fsp3) is 0.370.